The highest BCUT2D eigenvalue weighted by atomic mass is 32.1. The van der Waals surface area contributed by atoms with Crippen LogP contribution >= 0.6 is 11.3 Å². The van der Waals surface area contributed by atoms with Gasteiger partial charge in [0, 0.05) is 10.6 Å². The lowest BCUT2D eigenvalue weighted by Crippen LogP contribution is -2.09. The maximum Gasteiger partial charge on any atom is 0.142 e. The zero-order valence-corrected chi connectivity index (χ0v) is 14.6. The lowest BCUT2D eigenvalue weighted by atomic mass is 9.89. The van der Waals surface area contributed by atoms with Crippen molar-refractivity contribution in [1.29, 1.82) is 0 Å². The highest BCUT2D eigenvalue weighted by Crippen LogP contribution is 2.40. The molecule has 0 radical (unpaired) electrons. The van der Waals surface area contributed by atoms with Gasteiger partial charge in [-0.25, -0.2) is 9.97 Å². The number of rotatable bonds is 2. The highest BCUT2D eigenvalue weighted by molar-refractivity contribution is 7.19. The van der Waals surface area contributed by atoms with Gasteiger partial charge in [-0.05, 0) is 67.9 Å². The lowest BCUT2D eigenvalue weighted by molar-refractivity contribution is 0.509. The normalized spacial score (nSPS) is 17.3. The van der Waals surface area contributed by atoms with Crippen molar-refractivity contribution < 1.29 is 0 Å². The number of anilines is 2. The number of nitrogens with zero attached hydrogens (tertiary/aromatic N) is 2. The molecule has 0 amide bonds. The van der Waals surface area contributed by atoms with Gasteiger partial charge in [0.25, 0.3) is 0 Å². The van der Waals surface area contributed by atoms with E-state index >= 15 is 0 Å². The molecule has 1 aliphatic carbocycles. The minimum absolute atomic E-state index is 0.777. The number of thiophene rings is 1. The second kappa shape index (κ2) is 5.60. The Kier molecular flexibility index (Phi) is 3.57. The van der Waals surface area contributed by atoms with Crippen molar-refractivity contribution in [3.05, 3.63) is 46.1 Å². The molecule has 1 aromatic carbocycles. The molecule has 0 fully saturated rings. The predicted octanol–water partition coefficient (Wildman–Crippen LogP) is 5.18. The van der Waals surface area contributed by atoms with E-state index in [9.17, 15) is 0 Å². The second-order valence-corrected chi connectivity index (χ2v) is 7.84. The van der Waals surface area contributed by atoms with Crippen LogP contribution in [-0.2, 0) is 12.8 Å². The third kappa shape index (κ3) is 2.72. The predicted molar refractivity (Wildman–Crippen MR) is 97.8 cm³/mol. The topological polar surface area (TPSA) is 37.8 Å². The SMILES string of the molecule is Cc1cc(C)cc(Nc2ncnc3sc4c(c23)CC[C@H](C)C4)c1. The number of nitrogens with one attached hydrogen (secondary N) is 1. The van der Waals surface area contributed by atoms with Gasteiger partial charge in [-0.2, -0.15) is 0 Å². The average molecular weight is 323 g/mol. The minimum Gasteiger partial charge on any atom is -0.340 e. The van der Waals surface area contributed by atoms with Crippen LogP contribution in [0.25, 0.3) is 10.2 Å². The Balaban J connectivity index is 1.81. The van der Waals surface area contributed by atoms with E-state index in [1.54, 1.807) is 6.33 Å². The molecule has 4 rings (SSSR count). The van der Waals surface area contributed by atoms with E-state index < -0.39 is 0 Å². The summed E-state index contributed by atoms with van der Waals surface area (Å²) < 4.78 is 0. The molecule has 1 N–H and O–H groups in total. The van der Waals surface area contributed by atoms with E-state index in [-0.39, 0.29) is 0 Å². The molecular weight excluding hydrogens is 302 g/mol. The van der Waals surface area contributed by atoms with Crippen LogP contribution in [0.3, 0.4) is 0 Å². The van der Waals surface area contributed by atoms with Crippen LogP contribution < -0.4 is 5.32 Å². The molecular formula is C19H21N3S. The van der Waals surface area contributed by atoms with Gasteiger partial charge in [-0.15, -0.1) is 11.3 Å². The van der Waals surface area contributed by atoms with Crippen LogP contribution in [0.1, 0.15) is 34.9 Å². The third-order valence-electron chi connectivity index (χ3n) is 4.58. The van der Waals surface area contributed by atoms with Crippen molar-refractivity contribution in [3.8, 4) is 0 Å². The number of aromatic nitrogens is 2. The smallest absolute Gasteiger partial charge is 0.142 e. The number of benzene rings is 1. The summed E-state index contributed by atoms with van der Waals surface area (Å²) in [5, 5.41) is 4.77. The third-order valence-corrected chi connectivity index (χ3v) is 5.74. The number of hydrogen-bond donors (Lipinski definition) is 1. The lowest BCUT2D eigenvalue weighted by Gasteiger charge is -2.18. The maximum absolute atomic E-state index is 4.55. The first-order valence-electron chi connectivity index (χ1n) is 8.20. The number of hydrogen-bond acceptors (Lipinski definition) is 4. The molecule has 0 aliphatic heterocycles. The van der Waals surface area contributed by atoms with E-state index in [4.69, 9.17) is 0 Å². The van der Waals surface area contributed by atoms with Gasteiger partial charge in [0.05, 0.1) is 5.39 Å². The summed E-state index contributed by atoms with van der Waals surface area (Å²) >= 11 is 1.84. The second-order valence-electron chi connectivity index (χ2n) is 6.76. The van der Waals surface area contributed by atoms with Gasteiger partial charge in [0.1, 0.15) is 17.0 Å². The summed E-state index contributed by atoms with van der Waals surface area (Å²) in [6.07, 6.45) is 5.26. The summed E-state index contributed by atoms with van der Waals surface area (Å²) in [6.45, 7) is 6.59. The molecule has 4 heteroatoms. The maximum atomic E-state index is 4.55. The van der Waals surface area contributed by atoms with Crippen LogP contribution in [0.2, 0.25) is 0 Å². The number of aryl methyl sites for hydroxylation is 3. The first kappa shape index (κ1) is 14.6. The van der Waals surface area contributed by atoms with Crippen LogP contribution in [0.5, 0.6) is 0 Å². The fraction of sp³-hybridized carbons (Fsp3) is 0.368. The minimum atomic E-state index is 0.777. The molecule has 0 saturated carbocycles. The quantitative estimate of drug-likeness (QED) is 0.706. The van der Waals surface area contributed by atoms with Crippen LogP contribution in [0.15, 0.2) is 24.5 Å². The van der Waals surface area contributed by atoms with Crippen molar-refractivity contribution in [2.75, 3.05) is 5.32 Å². The van der Waals surface area contributed by atoms with Gasteiger partial charge in [0.15, 0.2) is 0 Å². The van der Waals surface area contributed by atoms with Crippen LogP contribution in [0.4, 0.5) is 11.5 Å². The fourth-order valence-electron chi connectivity index (χ4n) is 3.55. The van der Waals surface area contributed by atoms with Gasteiger partial charge in [0.2, 0.25) is 0 Å². The summed E-state index contributed by atoms with van der Waals surface area (Å²) in [5.41, 5.74) is 5.10. The largest absolute Gasteiger partial charge is 0.340 e. The fourth-order valence-corrected chi connectivity index (χ4v) is 4.90. The Morgan fingerprint density at radius 3 is 2.70 bits per heavy atom. The van der Waals surface area contributed by atoms with Gasteiger partial charge in [-0.1, -0.05) is 13.0 Å². The van der Waals surface area contributed by atoms with E-state index in [0.717, 1.165) is 28.7 Å². The average Bonchev–Trinajstić information content (AvgIpc) is 2.84. The van der Waals surface area contributed by atoms with Crippen LogP contribution in [-0.4, -0.2) is 9.97 Å². The molecule has 3 aromatic rings. The Morgan fingerprint density at radius 2 is 1.91 bits per heavy atom. The van der Waals surface area contributed by atoms with Gasteiger partial charge in [-0.3, -0.25) is 0 Å². The molecule has 0 unspecified atom stereocenters. The van der Waals surface area contributed by atoms with Crippen molar-refractivity contribution in [2.24, 2.45) is 5.92 Å². The Morgan fingerprint density at radius 1 is 1.13 bits per heavy atom. The van der Waals surface area contributed by atoms with Crippen molar-refractivity contribution in [2.45, 2.75) is 40.0 Å². The van der Waals surface area contributed by atoms with E-state index in [2.05, 4.69) is 54.3 Å². The molecule has 118 valence electrons. The Labute approximate surface area is 140 Å². The zero-order valence-electron chi connectivity index (χ0n) is 13.8. The standard InChI is InChI=1S/C19H21N3S/c1-11-4-5-15-16(9-11)23-19-17(15)18(20-10-21-19)22-14-7-12(2)6-13(3)8-14/h6-8,10-11H,4-5,9H2,1-3H3,(H,20,21,22)/t11-/m0/s1. The van der Waals surface area contributed by atoms with Crippen molar-refractivity contribution in [3.63, 3.8) is 0 Å². The monoisotopic (exact) mass is 323 g/mol. The molecule has 2 aromatic heterocycles. The molecule has 3 nitrogen and oxygen atoms in total. The Bertz CT molecular complexity index is 861. The number of fused-ring (bicyclic) bond motifs is 3. The first-order valence-corrected chi connectivity index (χ1v) is 9.02. The summed E-state index contributed by atoms with van der Waals surface area (Å²) in [5.74, 6) is 1.73. The Hall–Kier alpha value is -1.94. The summed E-state index contributed by atoms with van der Waals surface area (Å²) in [6, 6.07) is 6.53. The van der Waals surface area contributed by atoms with Gasteiger partial charge < -0.3 is 5.32 Å². The van der Waals surface area contributed by atoms with Gasteiger partial charge >= 0.3 is 0 Å². The molecule has 23 heavy (non-hydrogen) atoms. The molecule has 1 atom stereocenters. The molecule has 0 bridgehead atoms. The van der Waals surface area contributed by atoms with E-state index in [1.807, 2.05) is 11.3 Å². The summed E-state index contributed by atoms with van der Waals surface area (Å²) in [7, 11) is 0. The molecule has 0 saturated heterocycles. The molecule has 1 aliphatic rings. The highest BCUT2D eigenvalue weighted by Gasteiger charge is 2.23. The van der Waals surface area contributed by atoms with Crippen molar-refractivity contribution >= 4 is 33.1 Å². The first-order chi connectivity index (χ1) is 11.1. The van der Waals surface area contributed by atoms with E-state index in [0.29, 0.717) is 0 Å². The molecule has 0 spiro atoms. The van der Waals surface area contributed by atoms with Crippen LogP contribution in [0, 0.1) is 19.8 Å². The zero-order chi connectivity index (χ0) is 16.0. The van der Waals surface area contributed by atoms with E-state index in [1.165, 1.54) is 39.8 Å². The molecule has 2 heterocycles. The van der Waals surface area contributed by atoms with Crippen molar-refractivity contribution in [1.82, 2.24) is 9.97 Å². The summed E-state index contributed by atoms with van der Waals surface area (Å²) in [4.78, 5) is 11.7.